The number of aliphatic hydroxyl groups is 1. The lowest BCUT2D eigenvalue weighted by atomic mass is 10.3. The summed E-state index contributed by atoms with van der Waals surface area (Å²) in [6, 6.07) is 0. The second kappa shape index (κ2) is 3.16. The Balaban J connectivity index is 2.70. The van der Waals surface area contributed by atoms with Gasteiger partial charge in [-0.3, -0.25) is 0 Å². The van der Waals surface area contributed by atoms with E-state index < -0.39 is 12.1 Å². The molecular formula is C6H8N2O3. The Morgan fingerprint density at radius 1 is 1.91 bits per heavy atom. The lowest BCUT2D eigenvalue weighted by Gasteiger charge is -2.03. The third-order valence-corrected chi connectivity index (χ3v) is 1.24. The third kappa shape index (κ3) is 1.56. The summed E-state index contributed by atoms with van der Waals surface area (Å²) in [7, 11) is 1.21. The molecule has 0 aliphatic carbocycles. The number of aromatic amines is 1. The van der Waals surface area contributed by atoms with E-state index in [4.69, 9.17) is 5.11 Å². The van der Waals surface area contributed by atoms with Gasteiger partial charge in [-0.15, -0.1) is 0 Å². The summed E-state index contributed by atoms with van der Waals surface area (Å²) in [6.07, 6.45) is 1.48. The van der Waals surface area contributed by atoms with Gasteiger partial charge in [0.15, 0.2) is 6.10 Å². The molecular weight excluding hydrogens is 148 g/mol. The fourth-order valence-electron chi connectivity index (χ4n) is 0.655. The first-order valence-corrected chi connectivity index (χ1v) is 3.00. The normalized spacial score (nSPS) is 12.5. The van der Waals surface area contributed by atoms with Crippen molar-refractivity contribution in [1.82, 2.24) is 9.97 Å². The molecule has 0 saturated carbocycles. The van der Waals surface area contributed by atoms with Crippen LogP contribution in [-0.2, 0) is 9.53 Å². The minimum absolute atomic E-state index is 0.330. The number of aromatic nitrogens is 2. The number of hydrogen-bond acceptors (Lipinski definition) is 4. The molecule has 0 aromatic carbocycles. The number of imidazole rings is 1. The molecule has 1 aromatic heterocycles. The number of esters is 1. The van der Waals surface area contributed by atoms with E-state index in [0.717, 1.165) is 0 Å². The molecule has 5 nitrogen and oxygen atoms in total. The van der Waals surface area contributed by atoms with Crippen molar-refractivity contribution >= 4 is 5.97 Å². The topological polar surface area (TPSA) is 75.2 Å². The second-order valence-corrected chi connectivity index (χ2v) is 1.93. The molecule has 0 spiro atoms. The molecule has 1 heterocycles. The molecule has 1 atom stereocenters. The van der Waals surface area contributed by atoms with Crippen LogP contribution in [0.25, 0.3) is 0 Å². The van der Waals surface area contributed by atoms with E-state index in [1.165, 1.54) is 19.6 Å². The summed E-state index contributed by atoms with van der Waals surface area (Å²) >= 11 is 0. The first-order chi connectivity index (χ1) is 5.25. The molecule has 0 aliphatic rings. The van der Waals surface area contributed by atoms with Crippen molar-refractivity contribution in [2.75, 3.05) is 7.11 Å². The summed E-state index contributed by atoms with van der Waals surface area (Å²) in [5.41, 5.74) is 0.330. The van der Waals surface area contributed by atoms with Gasteiger partial charge in [-0.25, -0.2) is 9.78 Å². The van der Waals surface area contributed by atoms with E-state index in [1.807, 2.05) is 0 Å². The Morgan fingerprint density at radius 2 is 2.64 bits per heavy atom. The van der Waals surface area contributed by atoms with Crippen LogP contribution in [0.15, 0.2) is 12.5 Å². The largest absolute Gasteiger partial charge is 0.467 e. The van der Waals surface area contributed by atoms with Crippen molar-refractivity contribution in [3.8, 4) is 0 Å². The number of hydrogen-bond donors (Lipinski definition) is 2. The number of nitrogens with one attached hydrogen (secondary N) is 1. The van der Waals surface area contributed by atoms with E-state index in [2.05, 4.69) is 14.7 Å². The molecule has 0 saturated heterocycles. The molecule has 0 aliphatic heterocycles. The maximum absolute atomic E-state index is 10.7. The van der Waals surface area contributed by atoms with Crippen LogP contribution in [-0.4, -0.2) is 28.2 Å². The smallest absolute Gasteiger partial charge is 0.340 e. The van der Waals surface area contributed by atoms with Gasteiger partial charge in [-0.05, 0) is 0 Å². The van der Waals surface area contributed by atoms with Crippen LogP contribution in [0.1, 0.15) is 11.8 Å². The highest BCUT2D eigenvalue weighted by molar-refractivity contribution is 5.75. The van der Waals surface area contributed by atoms with E-state index in [-0.39, 0.29) is 0 Å². The van der Waals surface area contributed by atoms with Gasteiger partial charge < -0.3 is 14.8 Å². The molecule has 0 radical (unpaired) electrons. The average Bonchev–Trinajstić information content (AvgIpc) is 2.53. The highest BCUT2D eigenvalue weighted by Gasteiger charge is 2.18. The van der Waals surface area contributed by atoms with Crippen LogP contribution in [0, 0.1) is 0 Å². The van der Waals surface area contributed by atoms with Crippen LogP contribution < -0.4 is 0 Å². The number of ether oxygens (including phenoxy) is 1. The van der Waals surface area contributed by atoms with Crippen LogP contribution in [0.2, 0.25) is 0 Å². The Morgan fingerprint density at radius 3 is 3.09 bits per heavy atom. The van der Waals surface area contributed by atoms with Crippen LogP contribution in [0.5, 0.6) is 0 Å². The highest BCUT2D eigenvalue weighted by atomic mass is 16.5. The first kappa shape index (κ1) is 7.74. The molecule has 0 bridgehead atoms. The van der Waals surface area contributed by atoms with Crippen LogP contribution in [0.3, 0.4) is 0 Å². The Bertz CT molecular complexity index is 232. The molecule has 1 aromatic rings. The zero-order valence-electron chi connectivity index (χ0n) is 5.94. The van der Waals surface area contributed by atoms with Gasteiger partial charge in [0.1, 0.15) is 0 Å². The number of methoxy groups -OCH3 is 1. The minimum Gasteiger partial charge on any atom is -0.467 e. The molecule has 5 heteroatoms. The number of carbonyl (C=O) groups is 1. The Kier molecular flexibility index (Phi) is 2.22. The van der Waals surface area contributed by atoms with Crippen molar-refractivity contribution in [1.29, 1.82) is 0 Å². The summed E-state index contributed by atoms with van der Waals surface area (Å²) in [4.78, 5) is 16.9. The van der Waals surface area contributed by atoms with Gasteiger partial charge in [0.2, 0.25) is 0 Å². The van der Waals surface area contributed by atoms with Crippen molar-refractivity contribution in [2.24, 2.45) is 0 Å². The monoisotopic (exact) mass is 156 g/mol. The third-order valence-electron chi connectivity index (χ3n) is 1.24. The van der Waals surface area contributed by atoms with Gasteiger partial charge in [0.25, 0.3) is 0 Å². The zero-order valence-corrected chi connectivity index (χ0v) is 5.94. The fraction of sp³-hybridized carbons (Fsp3) is 0.333. The standard InChI is InChI=1S/C6H8N2O3/c1-11-6(10)5(9)4-2-7-3-8-4/h2-3,5,9H,1H3,(H,7,8). The summed E-state index contributed by atoms with van der Waals surface area (Å²) in [6.45, 7) is 0. The number of nitrogens with zero attached hydrogens (tertiary/aromatic N) is 1. The SMILES string of the molecule is COC(=O)C(O)c1cnc[nH]1. The van der Waals surface area contributed by atoms with Gasteiger partial charge in [0.05, 0.1) is 25.3 Å². The first-order valence-electron chi connectivity index (χ1n) is 3.00. The molecule has 2 N–H and O–H groups in total. The van der Waals surface area contributed by atoms with E-state index in [1.54, 1.807) is 0 Å². The van der Waals surface area contributed by atoms with Crippen molar-refractivity contribution < 1.29 is 14.6 Å². The average molecular weight is 156 g/mol. The lowest BCUT2D eigenvalue weighted by Crippen LogP contribution is -2.13. The van der Waals surface area contributed by atoms with Crippen LogP contribution >= 0.6 is 0 Å². The van der Waals surface area contributed by atoms with E-state index in [9.17, 15) is 4.79 Å². The number of rotatable bonds is 2. The minimum atomic E-state index is -1.26. The van der Waals surface area contributed by atoms with Crippen molar-refractivity contribution in [2.45, 2.75) is 6.10 Å². The molecule has 1 unspecified atom stereocenters. The van der Waals surface area contributed by atoms with Gasteiger partial charge >= 0.3 is 5.97 Å². The summed E-state index contributed by atoms with van der Waals surface area (Å²) < 4.78 is 4.30. The summed E-state index contributed by atoms with van der Waals surface area (Å²) in [5.74, 6) is -0.700. The Labute approximate surface area is 63.0 Å². The Hall–Kier alpha value is -1.36. The number of H-pyrrole nitrogens is 1. The fourth-order valence-corrected chi connectivity index (χ4v) is 0.655. The molecule has 60 valence electrons. The van der Waals surface area contributed by atoms with Crippen molar-refractivity contribution in [3.05, 3.63) is 18.2 Å². The van der Waals surface area contributed by atoms with Crippen molar-refractivity contribution in [3.63, 3.8) is 0 Å². The number of carbonyl (C=O) groups excluding carboxylic acids is 1. The van der Waals surface area contributed by atoms with Gasteiger partial charge in [-0.1, -0.05) is 0 Å². The zero-order chi connectivity index (χ0) is 8.27. The maximum Gasteiger partial charge on any atom is 0.340 e. The van der Waals surface area contributed by atoms with E-state index >= 15 is 0 Å². The van der Waals surface area contributed by atoms with Crippen LogP contribution in [0.4, 0.5) is 0 Å². The van der Waals surface area contributed by atoms with Gasteiger partial charge in [0, 0.05) is 0 Å². The predicted octanol–water partition coefficient (Wildman–Crippen LogP) is -0.384. The lowest BCUT2D eigenvalue weighted by molar-refractivity contribution is -0.150. The number of aliphatic hydroxyl groups excluding tert-OH is 1. The predicted molar refractivity (Wildman–Crippen MR) is 35.6 cm³/mol. The second-order valence-electron chi connectivity index (χ2n) is 1.93. The molecule has 0 fully saturated rings. The summed E-state index contributed by atoms with van der Waals surface area (Å²) in [5, 5.41) is 9.13. The maximum atomic E-state index is 10.7. The van der Waals surface area contributed by atoms with E-state index in [0.29, 0.717) is 5.69 Å². The van der Waals surface area contributed by atoms with Gasteiger partial charge in [-0.2, -0.15) is 0 Å². The quantitative estimate of drug-likeness (QED) is 0.572. The highest BCUT2D eigenvalue weighted by Crippen LogP contribution is 2.08. The molecule has 1 rings (SSSR count). The molecule has 11 heavy (non-hydrogen) atoms. The molecule has 0 amide bonds.